The first-order valence-corrected chi connectivity index (χ1v) is 7.07. The molecule has 1 aliphatic carbocycles. The van der Waals surface area contributed by atoms with Gasteiger partial charge in [-0.3, -0.25) is 0 Å². The Balaban J connectivity index is 2.09. The first-order chi connectivity index (χ1) is 9.08. The van der Waals surface area contributed by atoms with Crippen molar-refractivity contribution in [2.75, 3.05) is 11.9 Å². The molecule has 0 saturated heterocycles. The Hall–Kier alpha value is -1.36. The summed E-state index contributed by atoms with van der Waals surface area (Å²) in [6, 6.07) is 2.25. The van der Waals surface area contributed by atoms with Gasteiger partial charge in [0, 0.05) is 17.8 Å². The van der Waals surface area contributed by atoms with Gasteiger partial charge in [-0.2, -0.15) is 4.98 Å². The third-order valence-corrected chi connectivity index (χ3v) is 3.46. The molecule has 1 heterocycles. The van der Waals surface area contributed by atoms with E-state index in [0.29, 0.717) is 23.8 Å². The van der Waals surface area contributed by atoms with Crippen molar-refractivity contribution in [2.45, 2.75) is 52.2 Å². The van der Waals surface area contributed by atoms with Gasteiger partial charge in [0.25, 0.3) is 0 Å². The van der Waals surface area contributed by atoms with E-state index in [1.165, 1.54) is 12.8 Å². The Morgan fingerprint density at radius 2 is 2.21 bits per heavy atom. The monoisotopic (exact) mass is 264 g/mol. The number of nitrogens with one attached hydrogen (secondary N) is 1. The second kappa shape index (κ2) is 6.19. The Morgan fingerprint density at radius 3 is 2.89 bits per heavy atom. The van der Waals surface area contributed by atoms with Crippen molar-refractivity contribution in [1.82, 2.24) is 9.97 Å². The summed E-state index contributed by atoms with van der Waals surface area (Å²) < 4.78 is 5.64. The second-order valence-corrected chi connectivity index (χ2v) is 5.52. The largest absolute Gasteiger partial charge is 0.475 e. The molecule has 2 rings (SSSR count). The lowest BCUT2D eigenvalue weighted by Gasteiger charge is -2.20. The summed E-state index contributed by atoms with van der Waals surface area (Å²) in [5.74, 6) is 1.81. The van der Waals surface area contributed by atoms with Crippen LogP contribution in [0.15, 0.2) is 6.07 Å². The summed E-state index contributed by atoms with van der Waals surface area (Å²) in [5.41, 5.74) is 6.71. The summed E-state index contributed by atoms with van der Waals surface area (Å²) in [4.78, 5) is 8.85. The van der Waals surface area contributed by atoms with Crippen LogP contribution in [0.1, 0.15) is 38.8 Å². The van der Waals surface area contributed by atoms with Gasteiger partial charge in [0.1, 0.15) is 0 Å². The second-order valence-electron chi connectivity index (χ2n) is 5.52. The molecule has 0 aliphatic heterocycles. The molecule has 0 aromatic carbocycles. The molecule has 2 atom stereocenters. The molecule has 19 heavy (non-hydrogen) atoms. The lowest BCUT2D eigenvalue weighted by atomic mass is 10.0. The van der Waals surface area contributed by atoms with Gasteiger partial charge in [0.15, 0.2) is 0 Å². The zero-order chi connectivity index (χ0) is 13.8. The van der Waals surface area contributed by atoms with E-state index in [1.54, 1.807) is 0 Å². The van der Waals surface area contributed by atoms with Crippen LogP contribution in [0.2, 0.25) is 0 Å². The summed E-state index contributed by atoms with van der Waals surface area (Å²) in [6.07, 6.45) is 3.67. The molecule has 1 fully saturated rings. The molecule has 5 nitrogen and oxygen atoms in total. The summed E-state index contributed by atoms with van der Waals surface area (Å²) in [7, 11) is 0. The number of anilines is 1. The maximum absolute atomic E-state index is 5.80. The number of aromatic nitrogens is 2. The molecule has 1 aliphatic rings. The minimum Gasteiger partial charge on any atom is -0.475 e. The highest BCUT2D eigenvalue weighted by Crippen LogP contribution is 2.27. The van der Waals surface area contributed by atoms with E-state index in [2.05, 4.69) is 15.3 Å². The smallest absolute Gasteiger partial charge is 0.226 e. The van der Waals surface area contributed by atoms with Gasteiger partial charge in [0.05, 0.1) is 6.10 Å². The highest BCUT2D eigenvalue weighted by atomic mass is 16.5. The molecule has 0 spiro atoms. The van der Waals surface area contributed by atoms with E-state index in [0.717, 1.165) is 18.7 Å². The van der Waals surface area contributed by atoms with E-state index < -0.39 is 0 Å². The fraction of sp³-hybridized carbons (Fsp3) is 0.714. The zero-order valence-electron chi connectivity index (χ0n) is 12.0. The van der Waals surface area contributed by atoms with Crippen LogP contribution < -0.4 is 15.8 Å². The molecule has 2 unspecified atom stereocenters. The zero-order valence-corrected chi connectivity index (χ0v) is 12.0. The van der Waals surface area contributed by atoms with Crippen LogP contribution in [-0.2, 0) is 0 Å². The van der Waals surface area contributed by atoms with E-state index in [1.807, 2.05) is 26.8 Å². The molecule has 5 heteroatoms. The quantitative estimate of drug-likeness (QED) is 0.852. The predicted octanol–water partition coefficient (Wildman–Crippen LogP) is 2.11. The molecule has 1 saturated carbocycles. The molecule has 1 aromatic rings. The minimum atomic E-state index is 0.116. The highest BCUT2D eigenvalue weighted by molar-refractivity contribution is 5.32. The van der Waals surface area contributed by atoms with Crippen LogP contribution in [0.25, 0.3) is 0 Å². The third kappa shape index (κ3) is 3.80. The number of ether oxygens (including phenoxy) is 1. The van der Waals surface area contributed by atoms with Crippen LogP contribution in [0, 0.1) is 12.8 Å². The normalized spacial score (nSPS) is 22.8. The van der Waals surface area contributed by atoms with Crippen molar-refractivity contribution >= 4 is 5.95 Å². The van der Waals surface area contributed by atoms with Crippen molar-refractivity contribution in [3.63, 3.8) is 0 Å². The maximum atomic E-state index is 5.80. The first kappa shape index (κ1) is 14.1. The molecule has 1 aromatic heterocycles. The number of rotatable bonds is 5. The molecular weight excluding hydrogens is 240 g/mol. The minimum absolute atomic E-state index is 0.116. The SMILES string of the molecule is Cc1cc(OC(C)C)nc(NC2CCCC2CN)n1. The Labute approximate surface area is 115 Å². The fourth-order valence-electron chi connectivity index (χ4n) is 2.58. The van der Waals surface area contributed by atoms with Gasteiger partial charge < -0.3 is 15.8 Å². The number of nitrogens with two attached hydrogens (primary N) is 1. The van der Waals surface area contributed by atoms with Gasteiger partial charge in [-0.25, -0.2) is 4.98 Å². The van der Waals surface area contributed by atoms with Crippen molar-refractivity contribution < 1.29 is 4.74 Å². The van der Waals surface area contributed by atoms with Crippen LogP contribution in [0.4, 0.5) is 5.95 Å². The summed E-state index contributed by atoms with van der Waals surface area (Å²) >= 11 is 0. The van der Waals surface area contributed by atoms with E-state index in [4.69, 9.17) is 10.5 Å². The maximum Gasteiger partial charge on any atom is 0.226 e. The third-order valence-electron chi connectivity index (χ3n) is 3.46. The molecule has 3 N–H and O–H groups in total. The molecule has 0 radical (unpaired) electrons. The average Bonchev–Trinajstić information content (AvgIpc) is 2.74. The number of aryl methyl sites for hydroxylation is 1. The lowest BCUT2D eigenvalue weighted by molar-refractivity contribution is 0.232. The van der Waals surface area contributed by atoms with Crippen molar-refractivity contribution in [1.29, 1.82) is 0 Å². The van der Waals surface area contributed by atoms with Crippen LogP contribution in [0.3, 0.4) is 0 Å². The number of hydrogen-bond acceptors (Lipinski definition) is 5. The van der Waals surface area contributed by atoms with Crippen molar-refractivity contribution in [3.8, 4) is 5.88 Å². The molecule has 106 valence electrons. The van der Waals surface area contributed by atoms with Crippen molar-refractivity contribution in [2.24, 2.45) is 11.7 Å². The standard InChI is InChI=1S/C14H24N4O/c1-9(2)19-13-7-10(3)16-14(18-13)17-12-6-4-5-11(12)8-15/h7,9,11-12H,4-6,8,15H2,1-3H3,(H,16,17,18). The molecule has 0 bridgehead atoms. The Kier molecular flexibility index (Phi) is 4.58. The Bertz CT molecular complexity index is 422. The summed E-state index contributed by atoms with van der Waals surface area (Å²) in [6.45, 7) is 6.66. The highest BCUT2D eigenvalue weighted by Gasteiger charge is 2.26. The van der Waals surface area contributed by atoms with E-state index in [-0.39, 0.29) is 6.10 Å². The average molecular weight is 264 g/mol. The van der Waals surface area contributed by atoms with Gasteiger partial charge >= 0.3 is 0 Å². The molecule has 0 amide bonds. The lowest BCUT2D eigenvalue weighted by Crippen LogP contribution is -2.30. The fourth-order valence-corrected chi connectivity index (χ4v) is 2.58. The van der Waals surface area contributed by atoms with Crippen LogP contribution in [0.5, 0.6) is 5.88 Å². The van der Waals surface area contributed by atoms with Crippen molar-refractivity contribution in [3.05, 3.63) is 11.8 Å². The number of nitrogens with zero attached hydrogens (tertiary/aromatic N) is 2. The van der Waals surface area contributed by atoms with Gasteiger partial charge in [-0.15, -0.1) is 0 Å². The first-order valence-electron chi connectivity index (χ1n) is 7.07. The predicted molar refractivity (Wildman–Crippen MR) is 76.3 cm³/mol. The topological polar surface area (TPSA) is 73.1 Å². The summed E-state index contributed by atoms with van der Waals surface area (Å²) in [5, 5.41) is 3.41. The Morgan fingerprint density at radius 1 is 1.42 bits per heavy atom. The van der Waals surface area contributed by atoms with Gasteiger partial charge in [-0.1, -0.05) is 6.42 Å². The van der Waals surface area contributed by atoms with Gasteiger partial charge in [-0.05, 0) is 46.1 Å². The van der Waals surface area contributed by atoms with Gasteiger partial charge in [0.2, 0.25) is 11.8 Å². The van der Waals surface area contributed by atoms with Crippen LogP contribution >= 0.6 is 0 Å². The number of hydrogen-bond donors (Lipinski definition) is 2. The van der Waals surface area contributed by atoms with E-state index >= 15 is 0 Å². The van der Waals surface area contributed by atoms with Crippen LogP contribution in [-0.4, -0.2) is 28.7 Å². The molecular formula is C14H24N4O. The van der Waals surface area contributed by atoms with E-state index in [9.17, 15) is 0 Å².